The van der Waals surface area contributed by atoms with E-state index in [1.807, 2.05) is 12.1 Å². The molecule has 1 aliphatic rings. The van der Waals surface area contributed by atoms with E-state index in [9.17, 15) is 9.90 Å². The molecule has 2 amide bonds. The minimum Gasteiger partial charge on any atom is -0.393 e. The molecule has 1 aromatic carbocycles. The van der Waals surface area contributed by atoms with E-state index in [1.54, 1.807) is 0 Å². The van der Waals surface area contributed by atoms with Crippen LogP contribution < -0.4 is 10.6 Å². The van der Waals surface area contributed by atoms with E-state index in [4.69, 9.17) is 0 Å². The van der Waals surface area contributed by atoms with Gasteiger partial charge in [-0.2, -0.15) is 0 Å². The Bertz CT molecular complexity index is 672. The topological polar surface area (TPSA) is 66.3 Å². The summed E-state index contributed by atoms with van der Waals surface area (Å²) in [4.78, 5) is 12.1. The predicted molar refractivity (Wildman–Crippen MR) is 92.6 cm³/mol. The van der Waals surface area contributed by atoms with Crippen LogP contribution in [0.4, 0.5) is 10.5 Å². The lowest BCUT2D eigenvalue weighted by atomic mass is 9.93. The Morgan fingerprint density at radius 2 is 2.04 bits per heavy atom. The number of carbonyl (C=O) groups is 1. The van der Waals surface area contributed by atoms with Gasteiger partial charge in [0.1, 0.15) is 0 Å². The summed E-state index contributed by atoms with van der Waals surface area (Å²) in [5, 5.41) is 16.5. The number of nitrogens with one attached hydrogen (secondary N) is 2. The molecular formula is C18H25N3O2. The van der Waals surface area contributed by atoms with Gasteiger partial charge in [-0.3, -0.25) is 0 Å². The number of fused-ring (bicyclic) bond motifs is 1. The van der Waals surface area contributed by atoms with Crippen LogP contribution in [0.5, 0.6) is 0 Å². The lowest BCUT2D eigenvalue weighted by Crippen LogP contribution is -2.40. The van der Waals surface area contributed by atoms with Gasteiger partial charge in [-0.1, -0.05) is 6.92 Å². The van der Waals surface area contributed by atoms with Crippen LogP contribution in [0.1, 0.15) is 39.0 Å². The van der Waals surface area contributed by atoms with Crippen LogP contribution in [0, 0.1) is 0 Å². The number of carbonyl (C=O) groups excluding carboxylic acids is 1. The normalized spacial score (nSPS) is 21.3. The molecule has 124 valence electrons. The molecule has 1 aliphatic carbocycles. The second-order valence-electron chi connectivity index (χ2n) is 6.39. The molecule has 1 fully saturated rings. The fourth-order valence-electron chi connectivity index (χ4n) is 3.29. The van der Waals surface area contributed by atoms with Crippen LogP contribution in [0.3, 0.4) is 0 Å². The molecule has 5 nitrogen and oxygen atoms in total. The Kier molecular flexibility index (Phi) is 4.86. The zero-order valence-electron chi connectivity index (χ0n) is 13.6. The van der Waals surface area contributed by atoms with Gasteiger partial charge in [0, 0.05) is 35.4 Å². The summed E-state index contributed by atoms with van der Waals surface area (Å²) in [6.45, 7) is 3.17. The van der Waals surface area contributed by atoms with Crippen LogP contribution in [0.2, 0.25) is 0 Å². The van der Waals surface area contributed by atoms with Crippen LogP contribution >= 0.6 is 0 Å². The highest BCUT2D eigenvalue weighted by Gasteiger charge is 2.20. The number of hydrogen-bond donors (Lipinski definition) is 3. The Labute approximate surface area is 136 Å². The van der Waals surface area contributed by atoms with Crippen LogP contribution in [0.25, 0.3) is 10.9 Å². The van der Waals surface area contributed by atoms with Gasteiger partial charge in [-0.25, -0.2) is 4.79 Å². The van der Waals surface area contributed by atoms with Gasteiger partial charge in [0.25, 0.3) is 0 Å². The molecule has 0 spiro atoms. The predicted octanol–water partition coefficient (Wildman–Crippen LogP) is 3.48. The van der Waals surface area contributed by atoms with Crippen molar-refractivity contribution in [2.75, 3.05) is 5.32 Å². The lowest BCUT2D eigenvalue weighted by molar-refractivity contribution is 0.118. The third-order valence-corrected chi connectivity index (χ3v) is 4.53. The van der Waals surface area contributed by atoms with Crippen molar-refractivity contribution >= 4 is 22.6 Å². The molecule has 0 saturated heterocycles. The van der Waals surface area contributed by atoms with Crippen molar-refractivity contribution in [2.45, 2.75) is 57.7 Å². The second kappa shape index (κ2) is 7.04. The number of urea groups is 1. The summed E-state index contributed by atoms with van der Waals surface area (Å²) >= 11 is 0. The van der Waals surface area contributed by atoms with E-state index >= 15 is 0 Å². The number of amides is 2. The van der Waals surface area contributed by atoms with Crippen LogP contribution in [-0.2, 0) is 6.54 Å². The average molecular weight is 315 g/mol. The highest BCUT2D eigenvalue weighted by Crippen LogP contribution is 2.21. The Hall–Kier alpha value is -2.01. The Morgan fingerprint density at radius 3 is 2.78 bits per heavy atom. The zero-order chi connectivity index (χ0) is 16.2. The molecule has 1 saturated carbocycles. The maximum Gasteiger partial charge on any atom is 0.319 e. The quantitative estimate of drug-likeness (QED) is 0.808. The maximum atomic E-state index is 12.1. The van der Waals surface area contributed by atoms with Gasteiger partial charge in [0.05, 0.1) is 6.10 Å². The number of aromatic nitrogens is 1. The van der Waals surface area contributed by atoms with E-state index in [1.165, 1.54) is 5.52 Å². The third kappa shape index (κ3) is 3.85. The van der Waals surface area contributed by atoms with Gasteiger partial charge in [-0.05, 0) is 56.4 Å². The molecule has 0 bridgehead atoms. The molecule has 3 N–H and O–H groups in total. The number of aliphatic hydroxyl groups excluding tert-OH is 1. The van der Waals surface area contributed by atoms with Crippen molar-refractivity contribution < 1.29 is 9.90 Å². The highest BCUT2D eigenvalue weighted by atomic mass is 16.3. The minimum absolute atomic E-state index is 0.160. The molecule has 1 heterocycles. The smallest absolute Gasteiger partial charge is 0.319 e. The SMILES string of the molecule is CCCn1ccc2cc(NC(=O)NC3CCC(O)CC3)ccc21. The summed E-state index contributed by atoms with van der Waals surface area (Å²) in [7, 11) is 0. The van der Waals surface area contributed by atoms with Crippen molar-refractivity contribution in [2.24, 2.45) is 0 Å². The van der Waals surface area contributed by atoms with Gasteiger partial charge in [0.15, 0.2) is 0 Å². The molecule has 3 rings (SSSR count). The molecule has 5 heteroatoms. The van der Waals surface area contributed by atoms with E-state index in [2.05, 4.69) is 40.5 Å². The van der Waals surface area contributed by atoms with Gasteiger partial charge >= 0.3 is 6.03 Å². The van der Waals surface area contributed by atoms with Gasteiger partial charge in [0.2, 0.25) is 0 Å². The molecule has 0 atom stereocenters. The Morgan fingerprint density at radius 1 is 1.26 bits per heavy atom. The summed E-state index contributed by atoms with van der Waals surface area (Å²) < 4.78 is 2.23. The molecule has 0 aliphatic heterocycles. The van der Waals surface area contributed by atoms with Crippen molar-refractivity contribution in [3.8, 4) is 0 Å². The van der Waals surface area contributed by atoms with Crippen molar-refractivity contribution in [3.63, 3.8) is 0 Å². The largest absolute Gasteiger partial charge is 0.393 e. The number of aliphatic hydroxyl groups is 1. The molecule has 2 aromatic rings. The molecular weight excluding hydrogens is 290 g/mol. The van der Waals surface area contributed by atoms with Crippen molar-refractivity contribution in [1.29, 1.82) is 0 Å². The highest BCUT2D eigenvalue weighted by molar-refractivity contribution is 5.93. The summed E-state index contributed by atoms with van der Waals surface area (Å²) in [5.41, 5.74) is 2.00. The number of anilines is 1. The van der Waals surface area contributed by atoms with Crippen molar-refractivity contribution in [3.05, 3.63) is 30.5 Å². The minimum atomic E-state index is -0.203. The van der Waals surface area contributed by atoms with Gasteiger partial charge in [-0.15, -0.1) is 0 Å². The number of nitrogens with zero attached hydrogens (tertiary/aromatic N) is 1. The average Bonchev–Trinajstić information content (AvgIpc) is 2.92. The van der Waals surface area contributed by atoms with Crippen LogP contribution in [-0.4, -0.2) is 27.9 Å². The molecule has 0 unspecified atom stereocenters. The summed E-state index contributed by atoms with van der Waals surface area (Å²) in [6, 6.07) is 8.07. The Balaban J connectivity index is 1.61. The molecule has 23 heavy (non-hydrogen) atoms. The fourth-order valence-corrected chi connectivity index (χ4v) is 3.29. The maximum absolute atomic E-state index is 12.1. The second-order valence-corrected chi connectivity index (χ2v) is 6.39. The lowest BCUT2D eigenvalue weighted by Gasteiger charge is -2.26. The number of benzene rings is 1. The van der Waals surface area contributed by atoms with E-state index in [0.29, 0.717) is 0 Å². The summed E-state index contributed by atoms with van der Waals surface area (Å²) in [6.07, 6.45) is 6.20. The van der Waals surface area contributed by atoms with E-state index < -0.39 is 0 Å². The van der Waals surface area contributed by atoms with Crippen molar-refractivity contribution in [1.82, 2.24) is 9.88 Å². The zero-order valence-corrected chi connectivity index (χ0v) is 13.6. The van der Waals surface area contributed by atoms with E-state index in [-0.39, 0.29) is 18.2 Å². The third-order valence-electron chi connectivity index (χ3n) is 4.53. The molecule has 1 aromatic heterocycles. The molecule has 0 radical (unpaired) electrons. The number of hydrogen-bond acceptors (Lipinski definition) is 2. The first-order valence-corrected chi connectivity index (χ1v) is 8.50. The monoisotopic (exact) mass is 315 g/mol. The van der Waals surface area contributed by atoms with Gasteiger partial charge < -0.3 is 20.3 Å². The standard InChI is InChI=1S/C18H25N3O2/c1-2-10-21-11-9-13-12-15(5-8-17(13)21)20-18(23)19-14-3-6-16(22)7-4-14/h5,8-9,11-12,14,16,22H,2-4,6-7,10H2,1H3,(H2,19,20,23). The first kappa shape index (κ1) is 15.9. The fraction of sp³-hybridized carbons (Fsp3) is 0.500. The number of aryl methyl sites for hydroxylation is 1. The van der Waals surface area contributed by atoms with E-state index in [0.717, 1.165) is 49.7 Å². The summed E-state index contributed by atoms with van der Waals surface area (Å²) in [5.74, 6) is 0. The first-order valence-electron chi connectivity index (χ1n) is 8.50. The first-order chi connectivity index (χ1) is 11.2. The number of rotatable bonds is 4. The van der Waals surface area contributed by atoms with Crippen LogP contribution in [0.15, 0.2) is 30.5 Å².